The van der Waals surface area contributed by atoms with Gasteiger partial charge in [0.1, 0.15) is 5.76 Å². The van der Waals surface area contributed by atoms with Crippen LogP contribution >= 0.6 is 0 Å². The minimum Gasteiger partial charge on any atom is -0.512 e. The number of aliphatic hydroxyl groups is 1. The van der Waals surface area contributed by atoms with Crippen molar-refractivity contribution < 1.29 is 18.3 Å². The van der Waals surface area contributed by atoms with Crippen molar-refractivity contribution >= 4 is 15.8 Å². The molecule has 5 nitrogen and oxygen atoms in total. The van der Waals surface area contributed by atoms with Crippen molar-refractivity contribution in [1.82, 2.24) is 4.31 Å². The topological polar surface area (TPSA) is 74.7 Å². The van der Waals surface area contributed by atoms with E-state index >= 15 is 0 Å². The van der Waals surface area contributed by atoms with E-state index in [4.69, 9.17) is 0 Å². The zero-order chi connectivity index (χ0) is 20.9. The van der Waals surface area contributed by atoms with Crippen LogP contribution in [0.3, 0.4) is 0 Å². The van der Waals surface area contributed by atoms with E-state index in [9.17, 15) is 18.3 Å². The van der Waals surface area contributed by atoms with Gasteiger partial charge in [0.25, 0.3) is 10.0 Å². The molecule has 0 unspecified atom stereocenters. The van der Waals surface area contributed by atoms with Crippen LogP contribution in [0, 0.1) is 6.92 Å². The predicted octanol–water partition coefficient (Wildman–Crippen LogP) is 4.81. The third-order valence-electron chi connectivity index (χ3n) is 4.87. The fraction of sp³-hybridized carbons (Fsp3) is 0.409. The average molecular weight is 404 g/mol. The maximum atomic E-state index is 13.5. The molecule has 1 heterocycles. The molecule has 152 valence electrons. The molecule has 0 spiro atoms. The van der Waals surface area contributed by atoms with Crippen LogP contribution < -0.4 is 0 Å². The number of hydrogen-bond acceptors (Lipinski definition) is 4. The third-order valence-corrected chi connectivity index (χ3v) is 6.69. The van der Waals surface area contributed by atoms with Crippen molar-refractivity contribution in [2.24, 2.45) is 0 Å². The van der Waals surface area contributed by atoms with Gasteiger partial charge in [-0.05, 0) is 57.2 Å². The van der Waals surface area contributed by atoms with Gasteiger partial charge in [-0.15, -0.1) is 6.58 Å². The number of allylic oxidation sites excluding steroid dienone is 4. The van der Waals surface area contributed by atoms with Crippen LogP contribution in [0.1, 0.15) is 51.5 Å². The van der Waals surface area contributed by atoms with Crippen molar-refractivity contribution in [2.75, 3.05) is 6.54 Å². The second-order valence-electron chi connectivity index (χ2n) is 7.03. The van der Waals surface area contributed by atoms with Crippen LogP contribution in [0.5, 0.6) is 0 Å². The number of benzene rings is 1. The Hall–Kier alpha value is -2.34. The standard InChI is InChI=1S/C22H29NO4S/c1-5-9-18-10-7-8-15-23(22(18)21(17(4)24)20(25)6-2)28(26,27)19-13-11-16(3)12-14-19/h5,11-14,24H,1,6-10,15H2,2-4H3. The molecule has 0 aliphatic carbocycles. The SMILES string of the molecule is C=CCC1=C(C(C(=O)CC)=C(C)O)N(S(=O)(=O)c2ccc(C)cc2)CCCC1. The second kappa shape index (κ2) is 9.24. The molecule has 6 heteroatoms. The zero-order valence-electron chi connectivity index (χ0n) is 16.9. The largest absolute Gasteiger partial charge is 0.512 e. The maximum Gasteiger partial charge on any atom is 0.264 e. The first kappa shape index (κ1) is 22.0. The van der Waals surface area contributed by atoms with Crippen molar-refractivity contribution in [3.8, 4) is 0 Å². The average Bonchev–Trinajstić information content (AvgIpc) is 2.85. The van der Waals surface area contributed by atoms with E-state index < -0.39 is 10.0 Å². The van der Waals surface area contributed by atoms with Gasteiger partial charge in [0.15, 0.2) is 5.78 Å². The third kappa shape index (κ3) is 4.55. The molecule has 1 aromatic rings. The van der Waals surface area contributed by atoms with E-state index in [2.05, 4.69) is 6.58 Å². The molecule has 0 bridgehead atoms. The highest BCUT2D eigenvalue weighted by Gasteiger charge is 2.34. The summed E-state index contributed by atoms with van der Waals surface area (Å²) < 4.78 is 28.3. The summed E-state index contributed by atoms with van der Waals surface area (Å²) in [5, 5.41) is 10.3. The van der Waals surface area contributed by atoms with Gasteiger partial charge in [0, 0.05) is 13.0 Å². The highest BCUT2D eigenvalue weighted by atomic mass is 32.2. The van der Waals surface area contributed by atoms with Gasteiger partial charge >= 0.3 is 0 Å². The summed E-state index contributed by atoms with van der Waals surface area (Å²) >= 11 is 0. The second-order valence-corrected chi connectivity index (χ2v) is 8.89. The summed E-state index contributed by atoms with van der Waals surface area (Å²) in [7, 11) is -3.88. The highest BCUT2D eigenvalue weighted by Crippen LogP contribution is 2.35. The Kier molecular flexibility index (Phi) is 7.24. The number of rotatable bonds is 7. The van der Waals surface area contributed by atoms with Crippen LogP contribution in [0.15, 0.2) is 64.4 Å². The first-order valence-electron chi connectivity index (χ1n) is 9.59. The number of Topliss-reactive ketones (excluding diaryl/α,β-unsaturated/α-hetero) is 1. The summed E-state index contributed by atoms with van der Waals surface area (Å²) in [6, 6.07) is 6.67. The van der Waals surface area contributed by atoms with Crippen LogP contribution in [-0.4, -0.2) is 30.2 Å². The van der Waals surface area contributed by atoms with Crippen molar-refractivity contribution in [1.29, 1.82) is 0 Å². The lowest BCUT2D eigenvalue weighted by molar-refractivity contribution is -0.115. The fourth-order valence-electron chi connectivity index (χ4n) is 3.43. The Morgan fingerprint density at radius 2 is 1.89 bits per heavy atom. The molecule has 0 aromatic heterocycles. The smallest absolute Gasteiger partial charge is 0.264 e. The van der Waals surface area contributed by atoms with Crippen LogP contribution in [0.2, 0.25) is 0 Å². The zero-order valence-corrected chi connectivity index (χ0v) is 17.7. The van der Waals surface area contributed by atoms with Crippen LogP contribution in [-0.2, 0) is 14.8 Å². The molecule has 28 heavy (non-hydrogen) atoms. The molecule has 1 aliphatic heterocycles. The lowest BCUT2D eigenvalue weighted by Gasteiger charge is -2.29. The normalized spacial score (nSPS) is 16.5. The fourth-order valence-corrected chi connectivity index (χ4v) is 5.00. The van der Waals surface area contributed by atoms with E-state index in [0.717, 1.165) is 17.6 Å². The number of carbonyl (C=O) groups excluding carboxylic acids is 1. The van der Waals surface area contributed by atoms with Gasteiger partial charge in [-0.3, -0.25) is 9.10 Å². The van der Waals surface area contributed by atoms with E-state index in [1.807, 2.05) is 6.92 Å². The molecular weight excluding hydrogens is 374 g/mol. The van der Waals surface area contributed by atoms with Crippen molar-refractivity contribution in [3.05, 3.63) is 65.1 Å². The molecule has 0 amide bonds. The Balaban J connectivity index is 2.76. The Labute approximate surface area is 168 Å². The molecular formula is C22H29NO4S. The summed E-state index contributed by atoms with van der Waals surface area (Å²) in [6.45, 7) is 9.07. The molecule has 1 aliphatic rings. The maximum absolute atomic E-state index is 13.5. The monoisotopic (exact) mass is 403 g/mol. The van der Waals surface area contributed by atoms with Crippen molar-refractivity contribution in [2.45, 2.75) is 57.8 Å². The van der Waals surface area contributed by atoms with Gasteiger partial charge < -0.3 is 5.11 Å². The summed E-state index contributed by atoms with van der Waals surface area (Å²) in [5.41, 5.74) is 2.20. The Morgan fingerprint density at radius 3 is 2.43 bits per heavy atom. The molecule has 1 aromatic carbocycles. The van der Waals surface area contributed by atoms with Gasteiger partial charge in [0.05, 0.1) is 16.2 Å². The molecule has 2 rings (SSSR count). The summed E-state index contributed by atoms with van der Waals surface area (Å²) in [4.78, 5) is 12.8. The van der Waals surface area contributed by atoms with Crippen molar-refractivity contribution in [3.63, 3.8) is 0 Å². The van der Waals surface area contributed by atoms with Gasteiger partial charge in [-0.2, -0.15) is 0 Å². The molecule has 0 radical (unpaired) electrons. The number of carbonyl (C=O) groups is 1. The van der Waals surface area contributed by atoms with Crippen LogP contribution in [0.25, 0.3) is 0 Å². The van der Waals surface area contributed by atoms with Gasteiger partial charge in [-0.1, -0.05) is 30.7 Å². The Bertz CT molecular complexity index is 904. The molecule has 0 atom stereocenters. The number of hydrogen-bond donors (Lipinski definition) is 1. The number of aryl methyl sites for hydroxylation is 1. The lowest BCUT2D eigenvalue weighted by Crippen LogP contribution is -2.34. The molecule has 1 N–H and O–H groups in total. The minimum absolute atomic E-state index is 0.0944. The van der Waals surface area contributed by atoms with Crippen LogP contribution in [0.4, 0.5) is 0 Å². The van der Waals surface area contributed by atoms with E-state index in [0.29, 0.717) is 25.0 Å². The highest BCUT2D eigenvalue weighted by molar-refractivity contribution is 7.89. The summed E-state index contributed by atoms with van der Waals surface area (Å²) in [5.74, 6) is -0.433. The predicted molar refractivity (Wildman–Crippen MR) is 111 cm³/mol. The molecule has 0 fully saturated rings. The molecule has 0 saturated carbocycles. The Morgan fingerprint density at radius 1 is 1.25 bits per heavy atom. The quantitative estimate of drug-likeness (QED) is 0.403. The first-order valence-corrected chi connectivity index (χ1v) is 11.0. The van der Waals surface area contributed by atoms with Gasteiger partial charge in [-0.25, -0.2) is 8.42 Å². The molecule has 0 saturated heterocycles. The first-order chi connectivity index (χ1) is 13.2. The van der Waals surface area contributed by atoms with Gasteiger partial charge in [0.2, 0.25) is 0 Å². The number of ketones is 1. The van der Waals surface area contributed by atoms with E-state index in [1.165, 1.54) is 11.2 Å². The van der Waals surface area contributed by atoms with E-state index in [-0.39, 0.29) is 35.0 Å². The van der Waals surface area contributed by atoms with E-state index in [1.54, 1.807) is 37.3 Å². The number of sulfonamides is 1. The summed E-state index contributed by atoms with van der Waals surface area (Å²) in [6.07, 6.45) is 4.49. The lowest BCUT2D eigenvalue weighted by atomic mass is 9.96. The number of nitrogens with zero attached hydrogens (tertiary/aromatic N) is 1. The minimum atomic E-state index is -3.88. The number of aliphatic hydroxyl groups excluding tert-OH is 1.